The lowest BCUT2D eigenvalue weighted by atomic mass is 10.0. The Morgan fingerprint density at radius 2 is 1.88 bits per heavy atom. The normalized spacial score (nSPS) is 21.3. The third-order valence-corrected chi connectivity index (χ3v) is 5.66. The smallest absolute Gasteiger partial charge is 0.308 e. The Bertz CT molecular complexity index is 1200. The fourth-order valence-electron chi connectivity index (χ4n) is 4.02. The predicted molar refractivity (Wildman–Crippen MR) is 110 cm³/mol. The monoisotopic (exact) mass is 439 g/mol. The summed E-state index contributed by atoms with van der Waals surface area (Å²) in [6.45, 7) is -0.109. The van der Waals surface area contributed by atoms with Crippen molar-refractivity contribution in [2.24, 2.45) is 0 Å². The number of alkyl halides is 2. The molecular weight excluding hydrogens is 420 g/mol. The van der Waals surface area contributed by atoms with Crippen LogP contribution in [0.1, 0.15) is 34.5 Å². The number of hydrogen-bond acceptors (Lipinski definition) is 5. The molecule has 32 heavy (non-hydrogen) atoms. The molecule has 0 fully saturated rings. The van der Waals surface area contributed by atoms with Gasteiger partial charge in [0, 0.05) is 13.5 Å². The first-order chi connectivity index (χ1) is 15.3. The van der Waals surface area contributed by atoms with Gasteiger partial charge < -0.3 is 15.0 Å². The van der Waals surface area contributed by atoms with E-state index in [-0.39, 0.29) is 6.61 Å². The van der Waals surface area contributed by atoms with Gasteiger partial charge in [-0.3, -0.25) is 9.59 Å². The molecule has 3 heterocycles. The van der Waals surface area contributed by atoms with Gasteiger partial charge in [-0.2, -0.15) is 8.78 Å². The number of nitrogens with one attached hydrogen (secondary N) is 1. The molecule has 1 aromatic heterocycles. The Balaban J connectivity index is 1.39. The molecule has 0 bridgehead atoms. The van der Waals surface area contributed by atoms with Gasteiger partial charge in [0.15, 0.2) is 5.82 Å². The van der Waals surface area contributed by atoms with E-state index in [1.54, 1.807) is 61.6 Å². The second kappa shape index (κ2) is 7.40. The van der Waals surface area contributed by atoms with Gasteiger partial charge >= 0.3 is 5.92 Å². The lowest BCUT2D eigenvalue weighted by Crippen LogP contribution is -2.49. The molecule has 1 unspecified atom stereocenters. The number of rotatable bonds is 3. The van der Waals surface area contributed by atoms with E-state index >= 15 is 0 Å². The summed E-state index contributed by atoms with van der Waals surface area (Å²) in [5.74, 6) is -4.93. The topological polar surface area (TPSA) is 89.4 Å². The van der Waals surface area contributed by atoms with Crippen LogP contribution in [0.4, 0.5) is 14.5 Å². The minimum atomic E-state index is -3.23. The van der Waals surface area contributed by atoms with Crippen molar-refractivity contribution in [3.05, 3.63) is 71.8 Å². The van der Waals surface area contributed by atoms with Crippen LogP contribution in [0.25, 0.3) is 0 Å². The van der Waals surface area contributed by atoms with E-state index in [1.807, 2.05) is 0 Å². The first kappa shape index (κ1) is 20.1. The Kier molecular flexibility index (Phi) is 4.65. The van der Waals surface area contributed by atoms with Crippen LogP contribution in [0, 0.1) is 0 Å². The van der Waals surface area contributed by atoms with Crippen molar-refractivity contribution in [3.63, 3.8) is 0 Å². The molecule has 164 valence electrons. The second-order valence-electron chi connectivity index (χ2n) is 7.74. The molecule has 0 saturated carbocycles. The number of hydrogen-bond donors (Lipinski definition) is 1. The standard InChI is InChI=1S/C22H19F2N5O3/c1-28-15-9-5-6-10-17(15)32-12-14(20(28)31)25-19(30)18-26-21-22(23,24)11-16(29(21)27-18)13-7-3-2-4-8-13/h2-10,14,16H,11-12H2,1H3,(H,25,30)/t14-,16?/m0/s1. The molecule has 2 aromatic carbocycles. The molecule has 2 aliphatic heterocycles. The Morgan fingerprint density at radius 1 is 1.16 bits per heavy atom. The van der Waals surface area contributed by atoms with Crippen molar-refractivity contribution in [1.29, 1.82) is 0 Å². The molecule has 2 atom stereocenters. The molecule has 2 amide bonds. The van der Waals surface area contributed by atoms with Gasteiger partial charge in [0.25, 0.3) is 11.8 Å². The highest BCUT2D eigenvalue weighted by Crippen LogP contribution is 2.45. The quantitative estimate of drug-likeness (QED) is 0.678. The Morgan fingerprint density at radius 3 is 2.66 bits per heavy atom. The van der Waals surface area contributed by atoms with Crippen molar-refractivity contribution in [1.82, 2.24) is 20.1 Å². The maximum atomic E-state index is 14.6. The number of para-hydroxylation sites is 2. The lowest BCUT2D eigenvalue weighted by molar-refractivity contribution is -0.120. The number of fused-ring (bicyclic) bond motifs is 2. The van der Waals surface area contributed by atoms with Crippen molar-refractivity contribution >= 4 is 17.5 Å². The van der Waals surface area contributed by atoms with Crippen LogP contribution in [-0.4, -0.2) is 46.3 Å². The van der Waals surface area contributed by atoms with E-state index in [4.69, 9.17) is 4.74 Å². The number of likely N-dealkylation sites (N-methyl/N-ethyl adjacent to an activating group) is 1. The van der Waals surface area contributed by atoms with E-state index in [0.29, 0.717) is 17.0 Å². The fraction of sp³-hybridized carbons (Fsp3) is 0.273. The second-order valence-corrected chi connectivity index (χ2v) is 7.74. The summed E-state index contributed by atoms with van der Waals surface area (Å²) >= 11 is 0. The van der Waals surface area contributed by atoms with E-state index < -0.39 is 47.9 Å². The van der Waals surface area contributed by atoms with E-state index in [9.17, 15) is 18.4 Å². The maximum Gasteiger partial charge on any atom is 0.308 e. The fourth-order valence-corrected chi connectivity index (χ4v) is 4.02. The molecule has 0 saturated heterocycles. The van der Waals surface area contributed by atoms with Crippen molar-refractivity contribution in [3.8, 4) is 5.75 Å². The van der Waals surface area contributed by atoms with Crippen LogP contribution in [-0.2, 0) is 10.7 Å². The molecular formula is C22H19F2N5O3. The molecule has 10 heteroatoms. The summed E-state index contributed by atoms with van der Waals surface area (Å²) in [6, 6.07) is 14.0. The van der Waals surface area contributed by atoms with Crippen LogP contribution in [0.5, 0.6) is 5.75 Å². The summed E-state index contributed by atoms with van der Waals surface area (Å²) in [6.07, 6.45) is -0.480. The van der Waals surface area contributed by atoms with Gasteiger partial charge in [0.1, 0.15) is 18.4 Å². The van der Waals surface area contributed by atoms with Gasteiger partial charge in [-0.15, -0.1) is 5.10 Å². The molecule has 0 radical (unpaired) electrons. The summed E-state index contributed by atoms with van der Waals surface area (Å²) in [5.41, 5.74) is 1.22. The number of carbonyl (C=O) groups excluding carboxylic acids is 2. The zero-order chi connectivity index (χ0) is 22.5. The summed E-state index contributed by atoms with van der Waals surface area (Å²) < 4.78 is 35.9. The first-order valence-corrected chi connectivity index (χ1v) is 10.1. The van der Waals surface area contributed by atoms with Gasteiger partial charge in [-0.05, 0) is 17.7 Å². The predicted octanol–water partition coefficient (Wildman–Crippen LogP) is 2.52. The largest absolute Gasteiger partial charge is 0.489 e. The summed E-state index contributed by atoms with van der Waals surface area (Å²) in [7, 11) is 1.57. The molecule has 8 nitrogen and oxygen atoms in total. The Labute approximate surface area is 181 Å². The molecule has 5 rings (SSSR count). The minimum absolute atomic E-state index is 0.109. The number of anilines is 1. The number of ether oxygens (including phenoxy) is 1. The van der Waals surface area contributed by atoms with E-state index in [2.05, 4.69) is 15.4 Å². The average molecular weight is 439 g/mol. The third kappa shape index (κ3) is 3.28. The number of nitrogens with zero attached hydrogens (tertiary/aromatic N) is 4. The minimum Gasteiger partial charge on any atom is -0.489 e. The first-order valence-electron chi connectivity index (χ1n) is 10.1. The number of amides is 2. The highest BCUT2D eigenvalue weighted by atomic mass is 19.3. The average Bonchev–Trinajstić information content (AvgIpc) is 3.32. The number of carbonyl (C=O) groups is 2. The van der Waals surface area contributed by atoms with Gasteiger partial charge in [0.2, 0.25) is 5.82 Å². The Hall–Kier alpha value is -3.82. The van der Waals surface area contributed by atoms with Crippen LogP contribution in [0.2, 0.25) is 0 Å². The van der Waals surface area contributed by atoms with Gasteiger partial charge in [0.05, 0.1) is 11.7 Å². The zero-order valence-corrected chi connectivity index (χ0v) is 17.0. The maximum absolute atomic E-state index is 14.6. The highest BCUT2D eigenvalue weighted by molar-refractivity contribution is 6.02. The van der Waals surface area contributed by atoms with Crippen molar-refractivity contribution < 1.29 is 23.1 Å². The van der Waals surface area contributed by atoms with Crippen molar-refractivity contribution in [2.75, 3.05) is 18.6 Å². The lowest BCUT2D eigenvalue weighted by Gasteiger charge is -2.19. The molecule has 3 aromatic rings. The van der Waals surface area contributed by atoms with Crippen LogP contribution < -0.4 is 15.0 Å². The number of halogens is 2. The van der Waals surface area contributed by atoms with Crippen LogP contribution in [0.15, 0.2) is 54.6 Å². The van der Waals surface area contributed by atoms with E-state index in [1.165, 1.54) is 4.90 Å². The zero-order valence-electron chi connectivity index (χ0n) is 17.0. The summed E-state index contributed by atoms with van der Waals surface area (Å²) in [4.78, 5) is 30.8. The molecule has 2 aliphatic rings. The van der Waals surface area contributed by atoms with Gasteiger partial charge in [-0.1, -0.05) is 42.5 Å². The van der Waals surface area contributed by atoms with Gasteiger partial charge in [-0.25, -0.2) is 9.67 Å². The third-order valence-electron chi connectivity index (χ3n) is 5.66. The molecule has 0 spiro atoms. The van der Waals surface area contributed by atoms with E-state index in [0.717, 1.165) is 4.68 Å². The number of benzene rings is 2. The van der Waals surface area contributed by atoms with Crippen LogP contribution >= 0.6 is 0 Å². The van der Waals surface area contributed by atoms with Crippen molar-refractivity contribution in [2.45, 2.75) is 24.4 Å². The highest BCUT2D eigenvalue weighted by Gasteiger charge is 2.49. The molecule has 1 N–H and O–H groups in total. The number of aromatic nitrogens is 3. The molecule has 0 aliphatic carbocycles. The summed E-state index contributed by atoms with van der Waals surface area (Å²) in [5, 5.41) is 6.59. The SMILES string of the molecule is CN1C(=O)[C@@H](NC(=O)c2nc3n(n2)C(c2ccccc2)CC3(F)F)COc2ccccc21. The van der Waals surface area contributed by atoms with Crippen LogP contribution in [0.3, 0.4) is 0 Å².